The molecule has 1 aromatic heterocycles. The summed E-state index contributed by atoms with van der Waals surface area (Å²) in [7, 11) is -7.05. The van der Waals surface area contributed by atoms with Crippen molar-refractivity contribution in [2.24, 2.45) is 0 Å². The van der Waals surface area contributed by atoms with Crippen LogP contribution in [0.3, 0.4) is 0 Å². The maximum Gasteiger partial charge on any atom is 0.266 e. The van der Waals surface area contributed by atoms with Crippen molar-refractivity contribution in [3.63, 3.8) is 0 Å². The first-order valence-electron chi connectivity index (χ1n) is 8.20. The number of nitrogens with one attached hydrogen (secondary N) is 2. The smallest absolute Gasteiger partial charge is 0.266 e. The van der Waals surface area contributed by atoms with Crippen LogP contribution in [0.2, 0.25) is 0 Å². The summed E-state index contributed by atoms with van der Waals surface area (Å²) < 4.78 is 76.9. The molecule has 14 nitrogen and oxygen atoms in total. The average Bonchev–Trinajstić information content (AvgIpc) is 2.59. The van der Waals surface area contributed by atoms with Crippen LogP contribution < -0.4 is 19.8 Å². The summed E-state index contributed by atoms with van der Waals surface area (Å²) in [6, 6.07) is 0. The Labute approximate surface area is 171 Å². The molecular formula is C12H25N7O7S3. The molecule has 0 bridgehead atoms. The normalized spacial score (nSPS) is 12.2. The first kappa shape index (κ1) is 25.2. The van der Waals surface area contributed by atoms with Gasteiger partial charge in [0.25, 0.3) is 10.1 Å². The second-order valence-corrected chi connectivity index (χ2v) is 10.6. The van der Waals surface area contributed by atoms with Gasteiger partial charge in [0.05, 0.1) is 17.8 Å². The van der Waals surface area contributed by atoms with E-state index >= 15 is 0 Å². The van der Waals surface area contributed by atoms with Gasteiger partial charge in [0.15, 0.2) is 0 Å². The summed E-state index contributed by atoms with van der Waals surface area (Å²) >= 11 is 0. The Morgan fingerprint density at radius 3 is 2.00 bits per heavy atom. The van der Waals surface area contributed by atoms with E-state index in [1.165, 1.54) is 16.8 Å². The van der Waals surface area contributed by atoms with Crippen molar-refractivity contribution in [2.45, 2.75) is 0 Å². The molecule has 29 heavy (non-hydrogen) atoms. The van der Waals surface area contributed by atoms with Gasteiger partial charge in [-0.1, -0.05) is 0 Å². The molecule has 0 unspecified atom stereocenters. The molecule has 0 aliphatic heterocycles. The monoisotopic (exact) mass is 475 g/mol. The largest absolute Gasteiger partial charge is 0.353 e. The van der Waals surface area contributed by atoms with Gasteiger partial charge >= 0.3 is 0 Å². The molecule has 1 rings (SSSR count). The summed E-state index contributed by atoms with van der Waals surface area (Å²) in [6.45, 7) is 0.237. The maximum atomic E-state index is 11.1. The number of nitrogens with zero attached hydrogens (tertiary/aromatic N) is 5. The molecule has 0 spiro atoms. The van der Waals surface area contributed by atoms with Crippen LogP contribution in [0, 0.1) is 0 Å². The summed E-state index contributed by atoms with van der Waals surface area (Å²) in [5, 5.41) is 2.82. The summed E-state index contributed by atoms with van der Waals surface area (Å²) in [5.41, 5.74) is 0. The fraction of sp³-hybridized carbons (Fsp3) is 0.750. The van der Waals surface area contributed by atoms with E-state index in [0.29, 0.717) is 0 Å². The molecule has 0 aliphatic carbocycles. The van der Waals surface area contributed by atoms with Crippen LogP contribution >= 0.6 is 0 Å². The SMILES string of the molecule is CN(CC[SH](=O)=O)c1nc(NCCNS(C)(=O)=O)nc(N(C)CCS(=O)(=O)O)n1. The van der Waals surface area contributed by atoms with Crippen LogP contribution in [0.25, 0.3) is 0 Å². The van der Waals surface area contributed by atoms with Gasteiger partial charge in [-0.3, -0.25) is 4.55 Å². The highest BCUT2D eigenvalue weighted by atomic mass is 32.2. The zero-order chi connectivity index (χ0) is 22.2. The predicted octanol–water partition coefficient (Wildman–Crippen LogP) is -2.80. The van der Waals surface area contributed by atoms with Gasteiger partial charge < -0.3 is 15.1 Å². The third kappa shape index (κ3) is 11.1. The van der Waals surface area contributed by atoms with E-state index in [2.05, 4.69) is 25.0 Å². The number of thiol groups is 1. The Morgan fingerprint density at radius 1 is 0.966 bits per heavy atom. The Bertz CT molecular complexity index is 958. The third-order valence-corrected chi connectivity index (χ3v) is 5.36. The van der Waals surface area contributed by atoms with Crippen molar-refractivity contribution in [3.05, 3.63) is 0 Å². The molecule has 168 valence electrons. The first-order valence-corrected chi connectivity index (χ1v) is 13.1. The van der Waals surface area contributed by atoms with Crippen LogP contribution in [0.5, 0.6) is 0 Å². The number of aromatic nitrogens is 3. The summed E-state index contributed by atoms with van der Waals surface area (Å²) in [5.74, 6) is -0.373. The molecule has 3 N–H and O–H groups in total. The highest BCUT2D eigenvalue weighted by Crippen LogP contribution is 2.15. The van der Waals surface area contributed by atoms with Crippen LogP contribution in [0.15, 0.2) is 0 Å². The molecule has 0 atom stereocenters. The Balaban J connectivity index is 3.01. The van der Waals surface area contributed by atoms with E-state index in [1.54, 1.807) is 7.05 Å². The Morgan fingerprint density at radius 2 is 1.52 bits per heavy atom. The minimum atomic E-state index is -4.18. The highest BCUT2D eigenvalue weighted by Gasteiger charge is 2.15. The van der Waals surface area contributed by atoms with Gasteiger partial charge in [0.1, 0.15) is 10.7 Å². The van der Waals surface area contributed by atoms with E-state index in [9.17, 15) is 25.3 Å². The van der Waals surface area contributed by atoms with Gasteiger partial charge in [-0.25, -0.2) is 21.6 Å². The van der Waals surface area contributed by atoms with Crippen molar-refractivity contribution < 1.29 is 29.8 Å². The highest BCUT2D eigenvalue weighted by molar-refractivity contribution is 7.88. The van der Waals surface area contributed by atoms with E-state index < -0.39 is 36.6 Å². The molecule has 17 heteroatoms. The summed E-state index contributed by atoms with van der Waals surface area (Å²) in [4.78, 5) is 15.3. The molecule has 1 heterocycles. The zero-order valence-corrected chi connectivity index (χ0v) is 18.7. The standard InChI is InChI=1S/C12H25N7O7S3/c1-18(6-8-27(20)21)11-15-10(13-4-5-14-28(3,22)23)16-12(17-11)19(2)7-9-29(24,25)26/h14,27H,4-9H2,1-3H3,(H,24,25,26)(H,13,15,16,17). The molecule has 0 saturated carbocycles. The van der Waals surface area contributed by atoms with Crippen LogP contribution in [-0.4, -0.2) is 103 Å². The average molecular weight is 476 g/mol. The van der Waals surface area contributed by atoms with Gasteiger partial charge in [-0.2, -0.15) is 23.4 Å². The summed E-state index contributed by atoms with van der Waals surface area (Å²) in [6.07, 6.45) is 1.02. The van der Waals surface area contributed by atoms with Crippen molar-refractivity contribution in [2.75, 3.05) is 73.2 Å². The molecule has 0 aromatic carbocycles. The first-order chi connectivity index (χ1) is 13.3. The Hall–Kier alpha value is -1.82. The van der Waals surface area contributed by atoms with E-state index in [0.717, 1.165) is 6.26 Å². The van der Waals surface area contributed by atoms with Gasteiger partial charge in [-0.05, 0) is 0 Å². The number of anilines is 3. The van der Waals surface area contributed by atoms with Gasteiger partial charge in [-0.15, -0.1) is 0 Å². The Kier molecular flexibility index (Phi) is 9.40. The van der Waals surface area contributed by atoms with E-state index in [4.69, 9.17) is 4.55 Å². The van der Waals surface area contributed by atoms with E-state index in [-0.39, 0.29) is 49.8 Å². The van der Waals surface area contributed by atoms with Gasteiger partial charge in [0.2, 0.25) is 27.9 Å². The van der Waals surface area contributed by atoms with Crippen LogP contribution in [0.1, 0.15) is 0 Å². The topological polar surface area (TPSA) is 192 Å². The van der Waals surface area contributed by atoms with Gasteiger partial charge in [0, 0.05) is 40.3 Å². The maximum absolute atomic E-state index is 11.1. The number of sulfonamides is 1. The zero-order valence-electron chi connectivity index (χ0n) is 16.1. The fourth-order valence-electron chi connectivity index (χ4n) is 1.87. The lowest BCUT2D eigenvalue weighted by Gasteiger charge is -2.21. The quantitative estimate of drug-likeness (QED) is 0.130. The molecule has 1 aromatic rings. The lowest BCUT2D eigenvalue weighted by atomic mass is 10.6. The van der Waals surface area contributed by atoms with Crippen LogP contribution in [-0.2, 0) is 30.8 Å². The molecule has 0 fully saturated rings. The third-order valence-electron chi connectivity index (χ3n) is 3.37. The number of hydrogen-bond donors (Lipinski definition) is 4. The second-order valence-electron chi connectivity index (χ2n) is 6.04. The fourth-order valence-corrected chi connectivity index (χ4v) is 3.31. The number of rotatable bonds is 13. The number of hydrogen-bond acceptors (Lipinski definition) is 12. The predicted molar refractivity (Wildman–Crippen MR) is 109 cm³/mol. The van der Waals surface area contributed by atoms with Crippen molar-refractivity contribution in [3.8, 4) is 0 Å². The van der Waals surface area contributed by atoms with E-state index in [1.807, 2.05) is 0 Å². The van der Waals surface area contributed by atoms with Crippen molar-refractivity contribution >= 4 is 48.7 Å². The minimum Gasteiger partial charge on any atom is -0.353 e. The molecular weight excluding hydrogens is 450 g/mol. The molecule has 0 saturated heterocycles. The second kappa shape index (κ2) is 10.8. The molecule has 0 amide bonds. The lowest BCUT2D eigenvalue weighted by Crippen LogP contribution is -2.31. The molecule has 0 radical (unpaired) electrons. The minimum absolute atomic E-state index is 0.0697. The van der Waals surface area contributed by atoms with Crippen molar-refractivity contribution in [1.29, 1.82) is 0 Å². The van der Waals surface area contributed by atoms with Crippen LogP contribution in [0.4, 0.5) is 17.8 Å². The molecule has 0 aliphatic rings. The van der Waals surface area contributed by atoms with Crippen molar-refractivity contribution in [1.82, 2.24) is 19.7 Å². The lowest BCUT2D eigenvalue weighted by molar-refractivity contribution is 0.482.